The lowest BCUT2D eigenvalue weighted by atomic mass is 10.0. The first-order valence-electron chi connectivity index (χ1n) is 12.9. The van der Waals surface area contributed by atoms with Crippen molar-refractivity contribution < 1.29 is 4.39 Å². The smallest absolute Gasteiger partial charge is 0.159 e. The van der Waals surface area contributed by atoms with Gasteiger partial charge < -0.3 is 4.98 Å². The summed E-state index contributed by atoms with van der Waals surface area (Å²) in [6.07, 6.45) is 13.1. The standard InChI is InChI=1S/C32H26FN7/c1-4-5-6-19(2)20(3)36-25-13-23(15-34-16-25)22-9-12-28-26(14-22)31(40-39-28)32-37-29-18-35-17-27(30(29)38-32)21-7-10-24(33)11-8-21/h4-18H,1-3H3,(H,37,38)(H,39,40)/b5-4?,19-6+,36-20?. The van der Waals surface area contributed by atoms with Crippen LogP contribution in [0.4, 0.5) is 10.1 Å². The van der Waals surface area contributed by atoms with Crippen molar-refractivity contribution in [1.82, 2.24) is 30.1 Å². The molecule has 0 aliphatic heterocycles. The molecule has 0 aliphatic rings. The van der Waals surface area contributed by atoms with Gasteiger partial charge in [-0.05, 0) is 67.8 Å². The third-order valence-electron chi connectivity index (χ3n) is 6.80. The number of nitrogens with zero attached hydrogens (tertiary/aromatic N) is 5. The molecule has 6 rings (SSSR count). The van der Waals surface area contributed by atoms with Crippen LogP contribution in [0.5, 0.6) is 0 Å². The van der Waals surface area contributed by atoms with E-state index in [2.05, 4.69) is 31.2 Å². The Hall–Kier alpha value is -5.24. The van der Waals surface area contributed by atoms with E-state index in [0.717, 1.165) is 61.2 Å². The van der Waals surface area contributed by atoms with E-state index in [1.54, 1.807) is 30.7 Å². The number of halogens is 1. The number of pyridine rings is 2. The molecule has 0 spiro atoms. The van der Waals surface area contributed by atoms with Crippen molar-refractivity contribution >= 4 is 33.3 Å². The second-order valence-corrected chi connectivity index (χ2v) is 9.51. The molecule has 40 heavy (non-hydrogen) atoms. The topological polar surface area (TPSA) is 95.5 Å². The Morgan fingerprint density at radius 2 is 1.68 bits per heavy atom. The largest absolute Gasteiger partial charge is 0.335 e. The van der Waals surface area contributed by atoms with Gasteiger partial charge in [-0.25, -0.2) is 9.37 Å². The second-order valence-electron chi connectivity index (χ2n) is 9.51. The van der Waals surface area contributed by atoms with Crippen LogP contribution in [0.15, 0.2) is 102 Å². The quantitative estimate of drug-likeness (QED) is 0.169. The molecule has 196 valence electrons. The molecule has 0 fully saturated rings. The molecule has 0 atom stereocenters. The Bertz CT molecular complexity index is 1940. The van der Waals surface area contributed by atoms with Crippen molar-refractivity contribution in [3.05, 3.63) is 103 Å². The summed E-state index contributed by atoms with van der Waals surface area (Å²) in [5.74, 6) is 0.328. The summed E-state index contributed by atoms with van der Waals surface area (Å²) in [7, 11) is 0. The Kier molecular flexibility index (Phi) is 6.57. The van der Waals surface area contributed by atoms with Crippen LogP contribution in [-0.2, 0) is 0 Å². The predicted molar refractivity (Wildman–Crippen MR) is 159 cm³/mol. The Balaban J connectivity index is 1.39. The van der Waals surface area contributed by atoms with Gasteiger partial charge in [0, 0.05) is 34.6 Å². The van der Waals surface area contributed by atoms with Crippen LogP contribution in [0.25, 0.3) is 55.7 Å². The first-order chi connectivity index (χ1) is 19.5. The summed E-state index contributed by atoms with van der Waals surface area (Å²) < 4.78 is 13.5. The van der Waals surface area contributed by atoms with Crippen molar-refractivity contribution in [3.8, 4) is 33.8 Å². The maximum absolute atomic E-state index is 13.5. The van der Waals surface area contributed by atoms with Crippen molar-refractivity contribution in [3.63, 3.8) is 0 Å². The summed E-state index contributed by atoms with van der Waals surface area (Å²) in [4.78, 5) is 21.8. The maximum Gasteiger partial charge on any atom is 0.159 e. The first-order valence-corrected chi connectivity index (χ1v) is 12.9. The molecule has 0 amide bonds. The number of H-pyrrole nitrogens is 2. The zero-order valence-electron chi connectivity index (χ0n) is 22.3. The summed E-state index contributed by atoms with van der Waals surface area (Å²) >= 11 is 0. The molecule has 0 radical (unpaired) electrons. The molecule has 0 unspecified atom stereocenters. The molecule has 7 nitrogen and oxygen atoms in total. The lowest BCUT2D eigenvalue weighted by molar-refractivity contribution is 0.628. The Labute approximate surface area is 230 Å². The zero-order chi connectivity index (χ0) is 27.6. The third kappa shape index (κ3) is 4.82. The summed E-state index contributed by atoms with van der Waals surface area (Å²) in [5, 5.41) is 8.60. The van der Waals surface area contributed by atoms with E-state index in [4.69, 9.17) is 9.98 Å². The number of fused-ring (bicyclic) bond motifs is 2. The maximum atomic E-state index is 13.5. The van der Waals surface area contributed by atoms with Crippen molar-refractivity contribution in [2.45, 2.75) is 20.8 Å². The van der Waals surface area contributed by atoms with E-state index in [-0.39, 0.29) is 5.82 Å². The fourth-order valence-corrected chi connectivity index (χ4v) is 4.55. The van der Waals surface area contributed by atoms with Crippen LogP contribution in [-0.4, -0.2) is 35.8 Å². The van der Waals surface area contributed by atoms with Gasteiger partial charge in [-0.15, -0.1) is 0 Å². The van der Waals surface area contributed by atoms with Gasteiger partial charge in [-0.1, -0.05) is 36.4 Å². The van der Waals surface area contributed by atoms with Crippen molar-refractivity contribution in [2.24, 2.45) is 4.99 Å². The van der Waals surface area contributed by atoms with Gasteiger partial charge in [0.2, 0.25) is 0 Å². The highest BCUT2D eigenvalue weighted by atomic mass is 19.1. The minimum Gasteiger partial charge on any atom is -0.335 e. The van der Waals surface area contributed by atoms with E-state index in [0.29, 0.717) is 11.5 Å². The second kappa shape index (κ2) is 10.5. The van der Waals surface area contributed by atoms with E-state index in [1.165, 1.54) is 12.1 Å². The predicted octanol–water partition coefficient (Wildman–Crippen LogP) is 7.98. The molecule has 0 saturated carbocycles. The van der Waals surface area contributed by atoms with Gasteiger partial charge in [-0.2, -0.15) is 5.10 Å². The van der Waals surface area contributed by atoms with Gasteiger partial charge in [0.05, 0.1) is 34.6 Å². The minimum absolute atomic E-state index is 0.288. The van der Waals surface area contributed by atoms with Crippen LogP contribution < -0.4 is 0 Å². The number of allylic oxidation sites excluding steroid dienone is 4. The molecule has 4 aromatic heterocycles. The number of imidazole rings is 1. The van der Waals surface area contributed by atoms with E-state index in [1.807, 2.05) is 63.4 Å². The summed E-state index contributed by atoms with van der Waals surface area (Å²) in [6.45, 7) is 6.03. The SMILES string of the molecule is CC=C/C=C(\C)C(C)=Nc1cncc(-c2ccc3[nH]nc(-c4nc5c(-c6ccc(F)cc6)cncc5[nH]4)c3c2)c1. The molecule has 8 heteroatoms. The first kappa shape index (κ1) is 25.1. The highest BCUT2D eigenvalue weighted by Crippen LogP contribution is 2.33. The lowest BCUT2D eigenvalue weighted by Crippen LogP contribution is -1.92. The molecule has 2 aromatic carbocycles. The van der Waals surface area contributed by atoms with Crippen LogP contribution in [0, 0.1) is 5.82 Å². The fourth-order valence-electron chi connectivity index (χ4n) is 4.55. The number of hydrogen-bond donors (Lipinski definition) is 2. The molecular weight excluding hydrogens is 501 g/mol. The Morgan fingerprint density at radius 3 is 2.50 bits per heavy atom. The van der Waals surface area contributed by atoms with Gasteiger partial charge in [0.1, 0.15) is 11.5 Å². The molecule has 0 aliphatic carbocycles. The minimum atomic E-state index is -0.288. The molecule has 0 bridgehead atoms. The monoisotopic (exact) mass is 527 g/mol. The summed E-state index contributed by atoms with van der Waals surface area (Å²) in [6, 6.07) is 14.5. The number of rotatable bonds is 6. The van der Waals surface area contributed by atoms with E-state index >= 15 is 0 Å². The number of benzene rings is 2. The molecule has 4 heterocycles. The van der Waals surface area contributed by atoms with Crippen molar-refractivity contribution in [2.75, 3.05) is 0 Å². The fraction of sp³-hybridized carbons (Fsp3) is 0.0938. The molecule has 2 N–H and O–H groups in total. The van der Waals surface area contributed by atoms with Crippen LogP contribution in [0.1, 0.15) is 20.8 Å². The van der Waals surface area contributed by atoms with E-state index in [9.17, 15) is 4.39 Å². The van der Waals surface area contributed by atoms with Crippen molar-refractivity contribution in [1.29, 1.82) is 0 Å². The number of nitrogens with one attached hydrogen (secondary N) is 2. The normalized spacial score (nSPS) is 12.7. The number of aliphatic imine (C=N–C) groups is 1. The average Bonchev–Trinajstić information content (AvgIpc) is 3.60. The van der Waals surface area contributed by atoms with Crippen LogP contribution in [0.2, 0.25) is 0 Å². The highest BCUT2D eigenvalue weighted by Gasteiger charge is 2.16. The van der Waals surface area contributed by atoms with Gasteiger partial charge >= 0.3 is 0 Å². The number of hydrogen-bond acceptors (Lipinski definition) is 5. The van der Waals surface area contributed by atoms with Gasteiger partial charge in [0.15, 0.2) is 5.82 Å². The highest BCUT2D eigenvalue weighted by molar-refractivity contribution is 6.00. The Morgan fingerprint density at radius 1 is 0.875 bits per heavy atom. The van der Waals surface area contributed by atoms with Crippen LogP contribution >= 0.6 is 0 Å². The van der Waals surface area contributed by atoms with Gasteiger partial charge in [0.25, 0.3) is 0 Å². The number of aromatic nitrogens is 6. The zero-order valence-corrected chi connectivity index (χ0v) is 22.3. The molecular formula is C32H26FN7. The lowest BCUT2D eigenvalue weighted by Gasteiger charge is -2.05. The average molecular weight is 528 g/mol. The van der Waals surface area contributed by atoms with Gasteiger partial charge in [-0.3, -0.25) is 20.1 Å². The molecule has 0 saturated heterocycles. The van der Waals surface area contributed by atoms with E-state index < -0.39 is 0 Å². The molecule has 6 aromatic rings. The summed E-state index contributed by atoms with van der Waals surface area (Å²) in [5.41, 5.74) is 9.50. The number of aromatic amines is 2. The van der Waals surface area contributed by atoms with Crippen LogP contribution in [0.3, 0.4) is 0 Å². The third-order valence-corrected chi connectivity index (χ3v) is 6.80.